The van der Waals surface area contributed by atoms with E-state index in [1.165, 1.54) is 0 Å². The number of nitrogens with zero attached hydrogens (tertiary/aromatic N) is 7. The van der Waals surface area contributed by atoms with Gasteiger partial charge in [0, 0.05) is 0 Å². The Hall–Kier alpha value is -2.58. The molecule has 0 aliphatic carbocycles. The number of aromatic amines is 1. The summed E-state index contributed by atoms with van der Waals surface area (Å²) in [6, 6.07) is 5.41. The van der Waals surface area contributed by atoms with E-state index >= 15 is 0 Å². The second kappa shape index (κ2) is 5.50. The number of halogens is 2. The molecule has 0 amide bonds. The predicted molar refractivity (Wildman–Crippen MR) is 88.9 cm³/mol. The summed E-state index contributed by atoms with van der Waals surface area (Å²) in [7, 11) is 0. The van der Waals surface area contributed by atoms with Crippen LogP contribution in [0.4, 0.5) is 0 Å². The minimum atomic E-state index is 0.367. The third kappa shape index (κ3) is 2.22. The van der Waals surface area contributed by atoms with Crippen molar-refractivity contribution >= 4 is 28.8 Å². The lowest BCUT2D eigenvalue weighted by Crippen LogP contribution is -2.03. The molecule has 0 atom stereocenters. The molecule has 0 bridgehead atoms. The van der Waals surface area contributed by atoms with Gasteiger partial charge in [0.05, 0.1) is 27.0 Å². The highest BCUT2D eigenvalue weighted by atomic mass is 35.5. The first kappa shape index (κ1) is 15.0. The van der Waals surface area contributed by atoms with Crippen molar-refractivity contribution in [1.82, 2.24) is 40.4 Å². The molecule has 0 aliphatic rings. The van der Waals surface area contributed by atoms with Crippen molar-refractivity contribution in [2.24, 2.45) is 0 Å². The zero-order valence-electron chi connectivity index (χ0n) is 12.6. The average Bonchev–Trinajstić information content (AvgIpc) is 3.18. The van der Waals surface area contributed by atoms with Crippen LogP contribution in [0.1, 0.15) is 11.4 Å². The van der Waals surface area contributed by atoms with E-state index in [1.807, 2.05) is 19.9 Å². The largest absolute Gasteiger partial charge is 0.226 e. The summed E-state index contributed by atoms with van der Waals surface area (Å²) in [5.41, 5.74) is 4.42. The maximum Gasteiger partial charge on any atom is 0.226 e. The Morgan fingerprint density at radius 1 is 1.04 bits per heavy atom. The second-order valence-corrected chi connectivity index (χ2v) is 6.01. The summed E-state index contributed by atoms with van der Waals surface area (Å²) in [6.07, 6.45) is 0. The van der Waals surface area contributed by atoms with Crippen LogP contribution in [-0.4, -0.2) is 40.4 Å². The monoisotopic (exact) mass is 360 g/mol. The van der Waals surface area contributed by atoms with Crippen molar-refractivity contribution in [2.75, 3.05) is 0 Å². The van der Waals surface area contributed by atoms with Crippen LogP contribution in [0.2, 0.25) is 10.0 Å². The molecule has 0 fully saturated rings. The van der Waals surface area contributed by atoms with E-state index in [2.05, 4.69) is 35.9 Å². The molecular formula is C14H10Cl2N8. The maximum absolute atomic E-state index is 6.14. The Morgan fingerprint density at radius 2 is 1.88 bits per heavy atom. The summed E-state index contributed by atoms with van der Waals surface area (Å²) in [6.45, 7) is 3.78. The number of tetrazole rings is 1. The van der Waals surface area contributed by atoms with Crippen molar-refractivity contribution in [1.29, 1.82) is 0 Å². The minimum absolute atomic E-state index is 0.367. The van der Waals surface area contributed by atoms with E-state index in [0.29, 0.717) is 27.2 Å². The topological polar surface area (TPSA) is 97.5 Å². The molecular weight excluding hydrogens is 351 g/mol. The number of aromatic nitrogens is 8. The number of hydrogen-bond donors (Lipinski definition) is 1. The number of benzene rings is 1. The van der Waals surface area contributed by atoms with Crippen LogP contribution in [0.25, 0.3) is 28.3 Å². The van der Waals surface area contributed by atoms with E-state index in [0.717, 1.165) is 22.5 Å². The van der Waals surface area contributed by atoms with Crippen molar-refractivity contribution in [3.8, 4) is 22.6 Å². The SMILES string of the molecule is Cc1nn2c(C)c(-c3nn[nH]n3)nnc2c1-c1ccc(Cl)c(Cl)c1. The Morgan fingerprint density at radius 3 is 2.58 bits per heavy atom. The Balaban J connectivity index is 1.96. The highest BCUT2D eigenvalue weighted by molar-refractivity contribution is 6.42. The summed E-state index contributed by atoms with van der Waals surface area (Å²) in [5.74, 6) is 0.367. The van der Waals surface area contributed by atoms with E-state index in [4.69, 9.17) is 23.2 Å². The molecule has 4 rings (SSSR count). The van der Waals surface area contributed by atoms with Crippen LogP contribution in [0.5, 0.6) is 0 Å². The first-order valence-corrected chi connectivity index (χ1v) is 7.73. The maximum atomic E-state index is 6.14. The van der Waals surface area contributed by atoms with Gasteiger partial charge in [0.15, 0.2) is 11.3 Å². The number of H-pyrrole nitrogens is 1. The Kier molecular flexibility index (Phi) is 3.43. The summed E-state index contributed by atoms with van der Waals surface area (Å²) >= 11 is 12.1. The molecule has 0 saturated carbocycles. The van der Waals surface area contributed by atoms with Crippen LogP contribution < -0.4 is 0 Å². The molecule has 24 heavy (non-hydrogen) atoms. The van der Waals surface area contributed by atoms with E-state index in [1.54, 1.807) is 16.6 Å². The molecule has 0 aliphatic heterocycles. The van der Waals surface area contributed by atoms with Gasteiger partial charge in [-0.3, -0.25) is 0 Å². The van der Waals surface area contributed by atoms with Crippen LogP contribution in [0, 0.1) is 13.8 Å². The van der Waals surface area contributed by atoms with Gasteiger partial charge in [-0.05, 0) is 36.8 Å². The summed E-state index contributed by atoms with van der Waals surface area (Å²) < 4.78 is 1.71. The van der Waals surface area contributed by atoms with Crippen LogP contribution in [-0.2, 0) is 0 Å². The second-order valence-electron chi connectivity index (χ2n) is 5.19. The molecule has 4 aromatic rings. The first-order valence-electron chi connectivity index (χ1n) is 6.98. The van der Waals surface area contributed by atoms with E-state index in [9.17, 15) is 0 Å². The van der Waals surface area contributed by atoms with Gasteiger partial charge in [-0.2, -0.15) is 10.3 Å². The molecule has 0 saturated heterocycles. The van der Waals surface area contributed by atoms with Crippen molar-refractivity contribution in [2.45, 2.75) is 13.8 Å². The number of nitrogens with one attached hydrogen (secondary N) is 1. The third-order valence-electron chi connectivity index (χ3n) is 3.71. The highest BCUT2D eigenvalue weighted by Crippen LogP contribution is 2.33. The van der Waals surface area contributed by atoms with E-state index in [-0.39, 0.29) is 0 Å². The zero-order valence-corrected chi connectivity index (χ0v) is 14.1. The zero-order chi connectivity index (χ0) is 16.8. The number of rotatable bonds is 2. The normalized spacial score (nSPS) is 11.3. The number of fused-ring (bicyclic) bond motifs is 1. The lowest BCUT2D eigenvalue weighted by molar-refractivity contribution is 0.839. The fourth-order valence-corrected chi connectivity index (χ4v) is 2.87. The van der Waals surface area contributed by atoms with E-state index < -0.39 is 0 Å². The number of aryl methyl sites for hydroxylation is 2. The number of hydrogen-bond acceptors (Lipinski definition) is 6. The molecule has 10 heteroatoms. The average molecular weight is 361 g/mol. The predicted octanol–water partition coefficient (Wildman–Crippen LogP) is 2.90. The smallest absolute Gasteiger partial charge is 0.215 e. The molecule has 3 heterocycles. The lowest BCUT2D eigenvalue weighted by Gasteiger charge is -2.04. The standard InChI is InChI=1S/C14H10Cl2N8/c1-6-11(8-3-4-9(15)10(16)5-8)14-20-17-12(7(2)24(14)21-6)13-18-22-23-19-13/h3-5H,1-2H3,(H,18,19,22,23). The van der Waals surface area contributed by atoms with Gasteiger partial charge >= 0.3 is 0 Å². The van der Waals surface area contributed by atoms with Crippen LogP contribution in [0.3, 0.4) is 0 Å². The highest BCUT2D eigenvalue weighted by Gasteiger charge is 2.19. The van der Waals surface area contributed by atoms with Gasteiger partial charge < -0.3 is 0 Å². The van der Waals surface area contributed by atoms with Gasteiger partial charge in [0.2, 0.25) is 5.82 Å². The molecule has 1 aromatic carbocycles. The molecule has 0 spiro atoms. The van der Waals surface area contributed by atoms with Crippen molar-refractivity contribution < 1.29 is 0 Å². The molecule has 120 valence electrons. The van der Waals surface area contributed by atoms with Gasteiger partial charge in [-0.1, -0.05) is 29.3 Å². The first-order chi connectivity index (χ1) is 11.6. The molecule has 3 aromatic heterocycles. The molecule has 0 radical (unpaired) electrons. The van der Waals surface area contributed by atoms with Gasteiger partial charge in [0.25, 0.3) is 0 Å². The summed E-state index contributed by atoms with van der Waals surface area (Å²) in [4.78, 5) is 0. The quantitative estimate of drug-likeness (QED) is 0.590. The summed E-state index contributed by atoms with van der Waals surface area (Å²) in [5, 5.41) is 27.9. The molecule has 0 unspecified atom stereocenters. The van der Waals surface area contributed by atoms with Gasteiger partial charge in [-0.25, -0.2) is 4.52 Å². The van der Waals surface area contributed by atoms with Gasteiger partial charge in [0.1, 0.15) is 0 Å². The van der Waals surface area contributed by atoms with Crippen molar-refractivity contribution in [3.63, 3.8) is 0 Å². The molecule has 1 N–H and O–H groups in total. The fraction of sp³-hybridized carbons (Fsp3) is 0.143. The lowest BCUT2D eigenvalue weighted by atomic mass is 10.1. The Bertz CT molecular complexity index is 1050. The van der Waals surface area contributed by atoms with Gasteiger partial charge in [-0.15, -0.1) is 20.4 Å². The third-order valence-corrected chi connectivity index (χ3v) is 4.45. The molecule has 8 nitrogen and oxygen atoms in total. The van der Waals surface area contributed by atoms with Crippen molar-refractivity contribution in [3.05, 3.63) is 39.6 Å². The van der Waals surface area contributed by atoms with Crippen LogP contribution in [0.15, 0.2) is 18.2 Å². The Labute approximate surface area is 145 Å². The van der Waals surface area contributed by atoms with Crippen LogP contribution >= 0.6 is 23.2 Å². The minimum Gasteiger partial charge on any atom is -0.215 e. The fourth-order valence-electron chi connectivity index (χ4n) is 2.57.